The molecule has 0 unspecified atom stereocenters. The molecule has 2 aliphatic heterocycles. The quantitative estimate of drug-likeness (QED) is 0.811. The van der Waals surface area contributed by atoms with Crippen LogP contribution in [0.4, 0.5) is 0 Å². The number of carbonyl (C=O) groups excluding carboxylic acids is 1. The lowest BCUT2D eigenvalue weighted by Gasteiger charge is -2.36. The molecule has 0 spiro atoms. The topological polar surface area (TPSA) is 23.6 Å². The van der Waals surface area contributed by atoms with Crippen molar-refractivity contribution in [1.29, 1.82) is 0 Å². The van der Waals surface area contributed by atoms with Crippen LogP contribution in [-0.4, -0.2) is 41.4 Å². The first kappa shape index (κ1) is 12.7. The number of hydrogen-bond donors (Lipinski definition) is 0. The summed E-state index contributed by atoms with van der Waals surface area (Å²) in [5, 5.41) is 0. The molecule has 2 heterocycles. The van der Waals surface area contributed by atoms with Gasteiger partial charge >= 0.3 is 0 Å². The van der Waals surface area contributed by atoms with Crippen LogP contribution in [0, 0.1) is 5.92 Å². The molecule has 0 aliphatic carbocycles. The summed E-state index contributed by atoms with van der Waals surface area (Å²) >= 11 is 0. The van der Waals surface area contributed by atoms with Gasteiger partial charge < -0.3 is 4.90 Å². The third-order valence-electron chi connectivity index (χ3n) is 4.51. The number of benzene rings is 1. The second-order valence-corrected chi connectivity index (χ2v) is 5.86. The van der Waals surface area contributed by atoms with Crippen molar-refractivity contribution in [1.82, 2.24) is 9.80 Å². The van der Waals surface area contributed by atoms with E-state index >= 15 is 0 Å². The van der Waals surface area contributed by atoms with Crippen molar-refractivity contribution in [3.05, 3.63) is 35.9 Å². The molecule has 0 bridgehead atoms. The monoisotopic (exact) mass is 258 g/mol. The smallest absolute Gasteiger partial charge is 0.219 e. The first-order valence-corrected chi connectivity index (χ1v) is 7.27. The Bertz CT molecular complexity index is 445. The highest BCUT2D eigenvalue weighted by Crippen LogP contribution is 2.31. The van der Waals surface area contributed by atoms with Gasteiger partial charge in [0.1, 0.15) is 0 Å². The molecule has 1 aromatic rings. The van der Waals surface area contributed by atoms with Gasteiger partial charge in [-0.25, -0.2) is 0 Å². The van der Waals surface area contributed by atoms with Crippen molar-refractivity contribution in [2.75, 3.05) is 19.6 Å². The first-order valence-electron chi connectivity index (χ1n) is 7.27. The highest BCUT2D eigenvalue weighted by molar-refractivity contribution is 5.73. The van der Waals surface area contributed by atoms with Crippen LogP contribution >= 0.6 is 0 Å². The molecule has 19 heavy (non-hydrogen) atoms. The maximum Gasteiger partial charge on any atom is 0.219 e. The highest BCUT2D eigenvalue weighted by Gasteiger charge is 2.39. The van der Waals surface area contributed by atoms with Crippen molar-refractivity contribution in [3.8, 4) is 0 Å². The SMILES string of the molecule is CC(=O)N1CCC[C@@H]2CN(Cc3ccccc3)C[C@@H]21. The van der Waals surface area contributed by atoms with Gasteiger partial charge in [-0.05, 0) is 24.3 Å². The second kappa shape index (κ2) is 5.33. The number of carbonyl (C=O) groups is 1. The molecule has 3 rings (SSSR count). The molecule has 3 nitrogen and oxygen atoms in total. The highest BCUT2D eigenvalue weighted by atomic mass is 16.2. The molecule has 3 heteroatoms. The minimum Gasteiger partial charge on any atom is -0.338 e. The summed E-state index contributed by atoms with van der Waals surface area (Å²) in [6.45, 7) is 5.86. The number of fused-ring (bicyclic) bond motifs is 1. The molecule has 1 amide bonds. The number of amides is 1. The molecule has 1 aromatic carbocycles. The number of likely N-dealkylation sites (tertiary alicyclic amines) is 2. The van der Waals surface area contributed by atoms with Crippen molar-refractivity contribution in [3.63, 3.8) is 0 Å². The predicted octanol–water partition coefficient (Wildman–Crippen LogP) is 2.13. The van der Waals surface area contributed by atoms with E-state index in [4.69, 9.17) is 0 Å². The molecule has 102 valence electrons. The fraction of sp³-hybridized carbons (Fsp3) is 0.562. The van der Waals surface area contributed by atoms with E-state index < -0.39 is 0 Å². The molecule has 2 saturated heterocycles. The average Bonchev–Trinajstić information content (AvgIpc) is 2.81. The summed E-state index contributed by atoms with van der Waals surface area (Å²) < 4.78 is 0. The van der Waals surface area contributed by atoms with Crippen LogP contribution in [-0.2, 0) is 11.3 Å². The molecule has 0 saturated carbocycles. The summed E-state index contributed by atoms with van der Waals surface area (Å²) in [7, 11) is 0. The lowest BCUT2D eigenvalue weighted by Crippen LogP contribution is -2.47. The fourth-order valence-corrected chi connectivity index (χ4v) is 3.63. The Morgan fingerprint density at radius 2 is 2.05 bits per heavy atom. The van der Waals surface area contributed by atoms with Gasteiger partial charge in [-0.3, -0.25) is 9.69 Å². The van der Waals surface area contributed by atoms with Crippen molar-refractivity contribution in [2.45, 2.75) is 32.4 Å². The van der Waals surface area contributed by atoms with Crippen LogP contribution in [0.3, 0.4) is 0 Å². The van der Waals surface area contributed by atoms with Gasteiger partial charge in [-0.2, -0.15) is 0 Å². The third kappa shape index (κ3) is 2.66. The summed E-state index contributed by atoms with van der Waals surface area (Å²) in [5.41, 5.74) is 1.37. The molecule has 0 radical (unpaired) electrons. The molecular formula is C16H22N2O. The molecule has 0 N–H and O–H groups in total. The number of hydrogen-bond acceptors (Lipinski definition) is 2. The second-order valence-electron chi connectivity index (χ2n) is 5.86. The molecule has 2 fully saturated rings. The number of nitrogens with zero attached hydrogens (tertiary/aromatic N) is 2. The van der Waals surface area contributed by atoms with Crippen molar-refractivity contribution in [2.24, 2.45) is 5.92 Å². The Balaban J connectivity index is 1.67. The third-order valence-corrected chi connectivity index (χ3v) is 4.51. The number of piperidine rings is 1. The first-order chi connectivity index (χ1) is 9.24. The van der Waals surface area contributed by atoms with E-state index in [1.54, 1.807) is 6.92 Å². The van der Waals surface area contributed by atoms with Gasteiger partial charge in [0.05, 0.1) is 0 Å². The standard InChI is InChI=1S/C16H22N2O/c1-13(19)18-9-5-8-15-11-17(12-16(15)18)10-14-6-3-2-4-7-14/h2-4,6-7,15-16H,5,8-12H2,1H3/t15-,16+/m1/s1. The Kier molecular flexibility index (Phi) is 3.56. The Morgan fingerprint density at radius 1 is 1.26 bits per heavy atom. The lowest BCUT2D eigenvalue weighted by molar-refractivity contribution is -0.133. The minimum atomic E-state index is 0.247. The lowest BCUT2D eigenvalue weighted by atomic mass is 9.92. The summed E-state index contributed by atoms with van der Waals surface area (Å²) in [4.78, 5) is 16.3. The van der Waals surface area contributed by atoms with Gasteiger partial charge in [0.15, 0.2) is 0 Å². The van der Waals surface area contributed by atoms with E-state index in [0.29, 0.717) is 12.0 Å². The van der Waals surface area contributed by atoms with Crippen LogP contribution in [0.5, 0.6) is 0 Å². The van der Waals surface area contributed by atoms with Crippen LogP contribution < -0.4 is 0 Å². The van der Waals surface area contributed by atoms with E-state index in [1.807, 2.05) is 0 Å². The van der Waals surface area contributed by atoms with Gasteiger partial charge in [0.2, 0.25) is 5.91 Å². The van der Waals surface area contributed by atoms with E-state index in [-0.39, 0.29) is 5.91 Å². The molecule has 2 aliphatic rings. The van der Waals surface area contributed by atoms with Crippen LogP contribution in [0.25, 0.3) is 0 Å². The summed E-state index contributed by atoms with van der Waals surface area (Å²) in [6, 6.07) is 11.1. The Hall–Kier alpha value is -1.35. The van der Waals surface area contributed by atoms with E-state index in [1.165, 1.54) is 18.4 Å². The Labute approximate surface area is 115 Å². The maximum atomic E-state index is 11.7. The van der Waals surface area contributed by atoms with E-state index in [0.717, 1.165) is 26.2 Å². The number of rotatable bonds is 2. The van der Waals surface area contributed by atoms with Crippen LogP contribution in [0.15, 0.2) is 30.3 Å². The van der Waals surface area contributed by atoms with E-state index in [9.17, 15) is 4.79 Å². The molecule has 2 atom stereocenters. The largest absolute Gasteiger partial charge is 0.338 e. The van der Waals surface area contributed by atoms with Crippen LogP contribution in [0.1, 0.15) is 25.3 Å². The van der Waals surface area contributed by atoms with E-state index in [2.05, 4.69) is 40.1 Å². The molecule has 0 aromatic heterocycles. The van der Waals surface area contributed by atoms with Crippen LogP contribution in [0.2, 0.25) is 0 Å². The Morgan fingerprint density at radius 3 is 2.79 bits per heavy atom. The summed E-state index contributed by atoms with van der Waals surface area (Å²) in [6.07, 6.45) is 2.44. The average molecular weight is 258 g/mol. The maximum absolute atomic E-state index is 11.7. The zero-order chi connectivity index (χ0) is 13.2. The normalized spacial score (nSPS) is 27.3. The van der Waals surface area contributed by atoms with Crippen molar-refractivity contribution < 1.29 is 4.79 Å². The summed E-state index contributed by atoms with van der Waals surface area (Å²) in [5.74, 6) is 0.928. The zero-order valence-electron chi connectivity index (χ0n) is 11.6. The van der Waals surface area contributed by atoms with Crippen molar-refractivity contribution >= 4 is 5.91 Å². The minimum absolute atomic E-state index is 0.247. The van der Waals surface area contributed by atoms with Gasteiger partial charge in [0.25, 0.3) is 0 Å². The van der Waals surface area contributed by atoms with Gasteiger partial charge in [0, 0.05) is 39.1 Å². The van der Waals surface area contributed by atoms with Gasteiger partial charge in [-0.15, -0.1) is 0 Å². The zero-order valence-corrected chi connectivity index (χ0v) is 11.6. The van der Waals surface area contributed by atoms with Gasteiger partial charge in [-0.1, -0.05) is 30.3 Å². The fourth-order valence-electron chi connectivity index (χ4n) is 3.63. The predicted molar refractivity (Wildman–Crippen MR) is 75.6 cm³/mol. The molecular weight excluding hydrogens is 236 g/mol.